The lowest BCUT2D eigenvalue weighted by Gasteiger charge is -2.30. The Morgan fingerprint density at radius 1 is 1.24 bits per heavy atom. The second kappa shape index (κ2) is 6.68. The first-order chi connectivity index (χ1) is 10.1. The molecule has 2 heterocycles. The smallest absolute Gasteiger partial charge is 0.164 e. The Hall–Kier alpha value is -1.24. The van der Waals surface area contributed by atoms with Gasteiger partial charge in [0.1, 0.15) is 10.4 Å². The molecule has 0 aliphatic heterocycles. The standard InChI is InChI=1S/C15H24N4OS/c1-5-10-9-11-12(19-16)17-14(18-13(11)21-10)15(6-2,7-3)20-8-4/h9H,5-8,16H2,1-4H3,(H,17,18,19). The summed E-state index contributed by atoms with van der Waals surface area (Å²) >= 11 is 1.69. The van der Waals surface area contributed by atoms with Crippen LogP contribution in [0.2, 0.25) is 0 Å². The lowest BCUT2D eigenvalue weighted by molar-refractivity contribution is -0.0568. The zero-order chi connectivity index (χ0) is 15.5. The second-order valence-electron chi connectivity index (χ2n) is 4.96. The van der Waals surface area contributed by atoms with Crippen LogP contribution in [0.25, 0.3) is 10.2 Å². The first-order valence-corrected chi connectivity index (χ1v) is 8.37. The third kappa shape index (κ3) is 2.88. The number of hydrogen-bond donors (Lipinski definition) is 2. The number of hydrazine groups is 1. The highest BCUT2D eigenvalue weighted by Gasteiger charge is 2.33. The fourth-order valence-electron chi connectivity index (χ4n) is 2.57. The van der Waals surface area contributed by atoms with E-state index in [2.05, 4.69) is 37.2 Å². The van der Waals surface area contributed by atoms with E-state index in [4.69, 9.17) is 15.6 Å². The molecule has 0 aliphatic rings. The van der Waals surface area contributed by atoms with E-state index >= 15 is 0 Å². The van der Waals surface area contributed by atoms with Crippen LogP contribution in [0.1, 0.15) is 51.2 Å². The Kier molecular flexibility index (Phi) is 5.13. The summed E-state index contributed by atoms with van der Waals surface area (Å²) in [5, 5.41) is 0.987. The fourth-order valence-corrected chi connectivity index (χ4v) is 3.54. The van der Waals surface area contributed by atoms with Crippen molar-refractivity contribution < 1.29 is 4.74 Å². The van der Waals surface area contributed by atoms with Crippen LogP contribution in [0.4, 0.5) is 5.82 Å². The van der Waals surface area contributed by atoms with Gasteiger partial charge in [0.15, 0.2) is 11.6 Å². The highest BCUT2D eigenvalue weighted by atomic mass is 32.1. The average molecular weight is 308 g/mol. The Labute approximate surface area is 129 Å². The lowest BCUT2D eigenvalue weighted by Crippen LogP contribution is -2.31. The van der Waals surface area contributed by atoms with Gasteiger partial charge in [-0.1, -0.05) is 20.8 Å². The van der Waals surface area contributed by atoms with Crippen molar-refractivity contribution in [2.75, 3.05) is 12.0 Å². The Morgan fingerprint density at radius 2 is 1.95 bits per heavy atom. The van der Waals surface area contributed by atoms with Crippen molar-refractivity contribution in [3.63, 3.8) is 0 Å². The maximum atomic E-state index is 6.01. The van der Waals surface area contributed by atoms with E-state index < -0.39 is 5.60 Å². The highest BCUT2D eigenvalue weighted by molar-refractivity contribution is 7.18. The molecular weight excluding hydrogens is 284 g/mol. The van der Waals surface area contributed by atoms with E-state index in [9.17, 15) is 0 Å². The number of aromatic nitrogens is 2. The van der Waals surface area contributed by atoms with Gasteiger partial charge in [0, 0.05) is 11.5 Å². The number of fused-ring (bicyclic) bond motifs is 1. The van der Waals surface area contributed by atoms with Crippen molar-refractivity contribution in [2.45, 2.75) is 52.6 Å². The molecule has 0 aliphatic carbocycles. The predicted molar refractivity (Wildman–Crippen MR) is 88.5 cm³/mol. The molecule has 0 saturated carbocycles. The van der Waals surface area contributed by atoms with E-state index in [1.807, 2.05) is 6.92 Å². The molecule has 0 aromatic carbocycles. The van der Waals surface area contributed by atoms with Crippen molar-refractivity contribution in [1.29, 1.82) is 0 Å². The summed E-state index contributed by atoms with van der Waals surface area (Å²) in [7, 11) is 0. The molecule has 0 bridgehead atoms. The topological polar surface area (TPSA) is 73.1 Å². The molecule has 0 radical (unpaired) electrons. The van der Waals surface area contributed by atoms with Crippen LogP contribution in [0.15, 0.2) is 6.07 Å². The van der Waals surface area contributed by atoms with E-state index in [0.717, 1.165) is 35.3 Å². The molecule has 116 valence electrons. The van der Waals surface area contributed by atoms with E-state index in [1.54, 1.807) is 11.3 Å². The minimum Gasteiger partial charge on any atom is -0.367 e. The number of thiophene rings is 1. The van der Waals surface area contributed by atoms with Crippen molar-refractivity contribution in [2.24, 2.45) is 5.84 Å². The van der Waals surface area contributed by atoms with Gasteiger partial charge >= 0.3 is 0 Å². The van der Waals surface area contributed by atoms with Gasteiger partial charge in [0.25, 0.3) is 0 Å². The number of nitrogens with zero attached hydrogens (tertiary/aromatic N) is 2. The van der Waals surface area contributed by atoms with Crippen LogP contribution in [-0.2, 0) is 16.8 Å². The molecular formula is C15H24N4OS. The van der Waals surface area contributed by atoms with Gasteiger partial charge in [-0.15, -0.1) is 11.3 Å². The maximum Gasteiger partial charge on any atom is 0.164 e. The van der Waals surface area contributed by atoms with Gasteiger partial charge in [0.05, 0.1) is 5.39 Å². The molecule has 0 saturated heterocycles. The zero-order valence-corrected chi connectivity index (χ0v) is 14.0. The number of nitrogens with two attached hydrogens (primary N) is 1. The predicted octanol–water partition coefficient (Wildman–Crippen LogP) is 3.59. The summed E-state index contributed by atoms with van der Waals surface area (Å²) in [6, 6.07) is 2.11. The molecule has 6 heteroatoms. The van der Waals surface area contributed by atoms with Gasteiger partial charge in [-0.25, -0.2) is 15.8 Å². The fraction of sp³-hybridized carbons (Fsp3) is 0.600. The third-order valence-electron chi connectivity index (χ3n) is 3.90. The molecule has 2 aromatic heterocycles. The zero-order valence-electron chi connectivity index (χ0n) is 13.2. The van der Waals surface area contributed by atoms with E-state index in [-0.39, 0.29) is 0 Å². The Bertz CT molecular complexity index is 607. The minimum absolute atomic E-state index is 0.440. The quantitative estimate of drug-likeness (QED) is 0.604. The van der Waals surface area contributed by atoms with Gasteiger partial charge in [-0.2, -0.15) is 0 Å². The minimum atomic E-state index is -0.440. The number of rotatable bonds is 7. The van der Waals surface area contributed by atoms with Crippen molar-refractivity contribution in [3.8, 4) is 0 Å². The number of aryl methyl sites for hydroxylation is 1. The highest BCUT2D eigenvalue weighted by Crippen LogP contribution is 2.35. The maximum absolute atomic E-state index is 6.01. The van der Waals surface area contributed by atoms with Crippen LogP contribution < -0.4 is 11.3 Å². The van der Waals surface area contributed by atoms with Gasteiger partial charge in [0.2, 0.25) is 0 Å². The normalized spacial score (nSPS) is 12.0. The van der Waals surface area contributed by atoms with Crippen LogP contribution in [0.5, 0.6) is 0 Å². The SMILES string of the molecule is CCOC(CC)(CC)c1nc(NN)c2cc(CC)sc2n1. The first-order valence-electron chi connectivity index (χ1n) is 7.55. The molecule has 5 nitrogen and oxygen atoms in total. The Balaban J connectivity index is 2.62. The molecule has 0 atom stereocenters. The van der Waals surface area contributed by atoms with E-state index in [1.165, 1.54) is 4.88 Å². The first kappa shape index (κ1) is 16.1. The summed E-state index contributed by atoms with van der Waals surface area (Å²) in [4.78, 5) is 11.7. The Morgan fingerprint density at radius 3 is 2.48 bits per heavy atom. The van der Waals surface area contributed by atoms with Crippen molar-refractivity contribution in [1.82, 2.24) is 9.97 Å². The molecule has 2 aromatic rings. The number of anilines is 1. The largest absolute Gasteiger partial charge is 0.367 e. The van der Waals surface area contributed by atoms with Crippen LogP contribution in [-0.4, -0.2) is 16.6 Å². The monoisotopic (exact) mass is 308 g/mol. The molecule has 21 heavy (non-hydrogen) atoms. The molecule has 3 N–H and O–H groups in total. The van der Waals surface area contributed by atoms with Crippen LogP contribution in [0.3, 0.4) is 0 Å². The van der Waals surface area contributed by atoms with Gasteiger partial charge in [-0.3, -0.25) is 0 Å². The molecule has 0 unspecified atom stereocenters. The van der Waals surface area contributed by atoms with Gasteiger partial charge in [-0.05, 0) is 32.3 Å². The summed E-state index contributed by atoms with van der Waals surface area (Å²) in [6.07, 6.45) is 2.65. The number of ether oxygens (including phenoxy) is 1. The lowest BCUT2D eigenvalue weighted by atomic mass is 9.96. The summed E-state index contributed by atoms with van der Waals surface area (Å²) in [5.41, 5.74) is 2.27. The molecule has 0 amide bonds. The average Bonchev–Trinajstić information content (AvgIpc) is 2.95. The number of nitrogen functional groups attached to an aromatic ring is 1. The van der Waals surface area contributed by atoms with Crippen molar-refractivity contribution in [3.05, 3.63) is 16.8 Å². The van der Waals surface area contributed by atoms with Crippen LogP contribution >= 0.6 is 11.3 Å². The number of nitrogens with one attached hydrogen (secondary N) is 1. The molecule has 0 fully saturated rings. The second-order valence-corrected chi connectivity index (χ2v) is 6.07. The van der Waals surface area contributed by atoms with Crippen molar-refractivity contribution >= 4 is 27.4 Å². The molecule has 0 spiro atoms. The van der Waals surface area contributed by atoms with Crippen LogP contribution in [0, 0.1) is 0 Å². The number of hydrogen-bond acceptors (Lipinski definition) is 6. The summed E-state index contributed by atoms with van der Waals surface area (Å²) in [6.45, 7) is 8.99. The third-order valence-corrected chi connectivity index (χ3v) is 5.07. The van der Waals surface area contributed by atoms with E-state index in [0.29, 0.717) is 12.4 Å². The summed E-state index contributed by atoms with van der Waals surface area (Å²) in [5.74, 6) is 7.06. The van der Waals surface area contributed by atoms with Gasteiger partial charge < -0.3 is 10.2 Å². The molecule has 2 rings (SSSR count). The summed E-state index contributed by atoms with van der Waals surface area (Å²) < 4.78 is 6.01.